The largest absolute Gasteiger partial charge is 0.361 e. The molecule has 5 nitrogen and oxygen atoms in total. The van der Waals surface area contributed by atoms with Crippen LogP contribution in [0.4, 0.5) is 0 Å². The van der Waals surface area contributed by atoms with Crippen LogP contribution in [0, 0.1) is 13.8 Å². The van der Waals surface area contributed by atoms with Crippen LogP contribution in [0.2, 0.25) is 5.02 Å². The molecule has 0 aliphatic rings. The molecule has 0 aliphatic heterocycles. The number of halogens is 2. The SMILES string of the molecule is CN=C(NCCSc1ccc(Cl)cc1)NCCc1c(C)noc1C.I. The molecule has 8 heteroatoms. The summed E-state index contributed by atoms with van der Waals surface area (Å²) in [5, 5.41) is 11.4. The minimum atomic E-state index is 0. The van der Waals surface area contributed by atoms with Gasteiger partial charge < -0.3 is 15.2 Å². The first-order chi connectivity index (χ1) is 11.6. The van der Waals surface area contributed by atoms with E-state index in [0.29, 0.717) is 0 Å². The van der Waals surface area contributed by atoms with Crippen molar-refractivity contribution in [1.29, 1.82) is 0 Å². The minimum absolute atomic E-state index is 0. The summed E-state index contributed by atoms with van der Waals surface area (Å²) in [5.41, 5.74) is 2.12. The van der Waals surface area contributed by atoms with Crippen molar-refractivity contribution in [3.63, 3.8) is 0 Å². The van der Waals surface area contributed by atoms with Gasteiger partial charge in [-0.15, -0.1) is 35.7 Å². The highest BCUT2D eigenvalue weighted by atomic mass is 127. The Morgan fingerprint density at radius 2 is 1.88 bits per heavy atom. The summed E-state index contributed by atoms with van der Waals surface area (Å²) in [6.45, 7) is 5.52. The molecule has 2 N–H and O–H groups in total. The van der Waals surface area contributed by atoms with Crippen molar-refractivity contribution in [1.82, 2.24) is 15.8 Å². The highest BCUT2D eigenvalue weighted by Crippen LogP contribution is 2.19. The van der Waals surface area contributed by atoms with Crippen LogP contribution in [-0.4, -0.2) is 37.0 Å². The molecule has 0 atom stereocenters. The number of nitrogens with one attached hydrogen (secondary N) is 2. The Balaban J connectivity index is 0.00000312. The number of rotatable bonds is 7. The molecule has 1 aromatic heterocycles. The van der Waals surface area contributed by atoms with Gasteiger partial charge in [0.2, 0.25) is 0 Å². The van der Waals surface area contributed by atoms with Crippen molar-refractivity contribution < 1.29 is 4.52 Å². The van der Waals surface area contributed by atoms with Gasteiger partial charge in [0, 0.05) is 41.4 Å². The molecule has 0 spiro atoms. The van der Waals surface area contributed by atoms with Crippen LogP contribution in [0.15, 0.2) is 38.7 Å². The highest BCUT2D eigenvalue weighted by molar-refractivity contribution is 14.0. The number of guanidine groups is 1. The molecule has 138 valence electrons. The van der Waals surface area contributed by atoms with Crippen LogP contribution < -0.4 is 10.6 Å². The summed E-state index contributed by atoms with van der Waals surface area (Å²) in [6.07, 6.45) is 0.862. The average molecular weight is 495 g/mol. The van der Waals surface area contributed by atoms with Gasteiger partial charge in [0.15, 0.2) is 5.96 Å². The van der Waals surface area contributed by atoms with Crippen molar-refractivity contribution in [3.8, 4) is 0 Å². The lowest BCUT2D eigenvalue weighted by Crippen LogP contribution is -2.39. The second-order valence-electron chi connectivity index (χ2n) is 5.28. The first-order valence-corrected chi connectivity index (χ1v) is 9.21. The fourth-order valence-electron chi connectivity index (χ4n) is 2.25. The lowest BCUT2D eigenvalue weighted by molar-refractivity contribution is 0.392. The van der Waals surface area contributed by atoms with Gasteiger partial charge in [-0.2, -0.15) is 0 Å². The number of hydrogen-bond acceptors (Lipinski definition) is 4. The first-order valence-electron chi connectivity index (χ1n) is 7.84. The van der Waals surface area contributed by atoms with Crippen molar-refractivity contribution in [2.45, 2.75) is 25.2 Å². The molecule has 25 heavy (non-hydrogen) atoms. The third kappa shape index (κ3) is 7.45. The molecule has 1 heterocycles. The smallest absolute Gasteiger partial charge is 0.191 e. The van der Waals surface area contributed by atoms with Crippen molar-refractivity contribution in [2.75, 3.05) is 25.9 Å². The van der Waals surface area contributed by atoms with Gasteiger partial charge in [-0.25, -0.2) is 0 Å². The van der Waals surface area contributed by atoms with E-state index in [9.17, 15) is 0 Å². The van der Waals surface area contributed by atoms with E-state index in [1.54, 1.807) is 18.8 Å². The Labute approximate surface area is 175 Å². The summed E-state index contributed by atoms with van der Waals surface area (Å²) in [7, 11) is 1.78. The van der Waals surface area contributed by atoms with E-state index in [1.165, 1.54) is 4.90 Å². The lowest BCUT2D eigenvalue weighted by atomic mass is 10.1. The van der Waals surface area contributed by atoms with Crippen molar-refractivity contribution in [2.24, 2.45) is 4.99 Å². The second kappa shape index (κ2) is 11.6. The minimum Gasteiger partial charge on any atom is -0.361 e. The van der Waals surface area contributed by atoms with E-state index < -0.39 is 0 Å². The number of hydrogen-bond donors (Lipinski definition) is 2. The quantitative estimate of drug-likeness (QED) is 0.200. The maximum Gasteiger partial charge on any atom is 0.191 e. The molecule has 0 fully saturated rings. The van der Waals surface area contributed by atoms with Gasteiger partial charge in [0.05, 0.1) is 5.69 Å². The standard InChI is InChI=1S/C17H23ClN4OS.HI/c1-12-16(13(2)23-22-12)8-9-20-17(19-3)21-10-11-24-15-6-4-14(18)5-7-15;/h4-7H,8-11H2,1-3H3,(H2,19,20,21);1H. The van der Waals surface area contributed by atoms with Gasteiger partial charge in [-0.05, 0) is 44.5 Å². The molecule has 0 amide bonds. The third-order valence-electron chi connectivity index (χ3n) is 3.55. The van der Waals surface area contributed by atoms with E-state index in [4.69, 9.17) is 16.1 Å². The van der Waals surface area contributed by atoms with E-state index >= 15 is 0 Å². The van der Waals surface area contributed by atoms with E-state index in [-0.39, 0.29) is 24.0 Å². The molecule has 0 radical (unpaired) electrons. The zero-order valence-electron chi connectivity index (χ0n) is 14.6. The number of nitrogens with zero attached hydrogens (tertiary/aromatic N) is 2. The molecule has 0 unspecified atom stereocenters. The molecular weight excluding hydrogens is 471 g/mol. The van der Waals surface area contributed by atoms with Crippen LogP contribution in [0.25, 0.3) is 0 Å². The van der Waals surface area contributed by atoms with Crippen LogP contribution in [0.5, 0.6) is 0 Å². The van der Waals surface area contributed by atoms with Crippen LogP contribution in [-0.2, 0) is 6.42 Å². The predicted octanol–water partition coefficient (Wildman–Crippen LogP) is 4.06. The van der Waals surface area contributed by atoms with Gasteiger partial charge in [-0.3, -0.25) is 4.99 Å². The normalized spacial score (nSPS) is 11.1. The first kappa shape index (κ1) is 22.1. The van der Waals surface area contributed by atoms with Crippen molar-refractivity contribution in [3.05, 3.63) is 46.3 Å². The van der Waals surface area contributed by atoms with E-state index in [2.05, 4.69) is 20.8 Å². The Morgan fingerprint density at radius 1 is 1.20 bits per heavy atom. The predicted molar refractivity (Wildman–Crippen MR) is 117 cm³/mol. The average Bonchev–Trinajstić information content (AvgIpc) is 2.90. The summed E-state index contributed by atoms with van der Waals surface area (Å²) in [6, 6.07) is 7.88. The van der Waals surface area contributed by atoms with E-state index in [1.807, 2.05) is 38.1 Å². The monoisotopic (exact) mass is 494 g/mol. The molecule has 0 saturated heterocycles. The summed E-state index contributed by atoms with van der Waals surface area (Å²) >= 11 is 7.67. The molecule has 1 aromatic carbocycles. The zero-order valence-corrected chi connectivity index (χ0v) is 18.5. The van der Waals surface area contributed by atoms with Gasteiger partial charge >= 0.3 is 0 Å². The Kier molecular flexibility index (Phi) is 10.3. The topological polar surface area (TPSA) is 62.5 Å². The zero-order chi connectivity index (χ0) is 17.4. The lowest BCUT2D eigenvalue weighted by Gasteiger charge is -2.11. The van der Waals surface area contributed by atoms with E-state index in [0.717, 1.165) is 53.3 Å². The second-order valence-corrected chi connectivity index (χ2v) is 6.89. The fraction of sp³-hybridized carbons (Fsp3) is 0.412. The maximum atomic E-state index is 5.88. The number of aromatic nitrogens is 1. The van der Waals surface area contributed by atoms with Crippen molar-refractivity contribution >= 4 is 53.3 Å². The summed E-state index contributed by atoms with van der Waals surface area (Å²) in [4.78, 5) is 5.45. The maximum absolute atomic E-state index is 5.88. The molecule has 2 rings (SSSR count). The number of thioether (sulfide) groups is 1. The Hall–Kier alpha value is -0.930. The van der Waals surface area contributed by atoms with Gasteiger partial charge in [0.1, 0.15) is 5.76 Å². The number of aliphatic imine (C=N–C) groups is 1. The number of benzene rings is 1. The molecule has 0 aliphatic carbocycles. The van der Waals surface area contributed by atoms with Crippen LogP contribution in [0.3, 0.4) is 0 Å². The van der Waals surface area contributed by atoms with Gasteiger partial charge in [0.25, 0.3) is 0 Å². The highest BCUT2D eigenvalue weighted by Gasteiger charge is 2.08. The third-order valence-corrected chi connectivity index (χ3v) is 4.81. The molecular formula is C17H24ClIN4OS. The van der Waals surface area contributed by atoms with Crippen LogP contribution >= 0.6 is 47.3 Å². The molecule has 0 bridgehead atoms. The molecule has 0 saturated carbocycles. The fourth-order valence-corrected chi connectivity index (χ4v) is 3.15. The van der Waals surface area contributed by atoms with Crippen LogP contribution in [0.1, 0.15) is 17.0 Å². The Morgan fingerprint density at radius 3 is 2.48 bits per heavy atom. The molecule has 2 aromatic rings. The Bertz CT molecular complexity index is 656. The summed E-state index contributed by atoms with van der Waals surface area (Å²) < 4.78 is 5.17. The summed E-state index contributed by atoms with van der Waals surface area (Å²) in [5.74, 6) is 2.64. The van der Waals surface area contributed by atoms with Gasteiger partial charge in [-0.1, -0.05) is 16.8 Å². The number of aryl methyl sites for hydroxylation is 2.